The zero-order valence-electron chi connectivity index (χ0n) is 22.4. The standard InChI is InChI=1S/C27H29ClN4O5S.CH2O2/c1-19(26(33)30-12-14-37-15-13-30)31-11-9-25(27(31)34)32(18-23-4-2-3-10-29-23)38(35,36)24-8-6-20-16-22(28)7-5-21(20)17-24;2-1-3/h2-8,10,16-17,19,25H,9,11-15,18H2,1H3;1H,(H,2,3)/t19-,25-;/m0./s1. The van der Waals surface area contributed by atoms with Gasteiger partial charge in [-0.3, -0.25) is 19.4 Å². The molecule has 2 saturated heterocycles. The average molecular weight is 603 g/mol. The van der Waals surface area contributed by atoms with Gasteiger partial charge in [0, 0.05) is 30.9 Å². The molecule has 1 N–H and O–H groups in total. The first-order chi connectivity index (χ1) is 19.7. The van der Waals surface area contributed by atoms with Crippen LogP contribution in [0.15, 0.2) is 65.7 Å². The monoisotopic (exact) mass is 602 g/mol. The van der Waals surface area contributed by atoms with Gasteiger partial charge in [-0.15, -0.1) is 0 Å². The molecule has 0 bridgehead atoms. The van der Waals surface area contributed by atoms with E-state index in [4.69, 9.17) is 26.2 Å². The van der Waals surface area contributed by atoms with E-state index in [1.54, 1.807) is 66.6 Å². The van der Waals surface area contributed by atoms with Crippen LogP contribution in [0.25, 0.3) is 10.8 Å². The molecule has 0 unspecified atom stereocenters. The zero-order valence-corrected chi connectivity index (χ0v) is 24.0. The second-order valence-corrected chi connectivity index (χ2v) is 11.9. The summed E-state index contributed by atoms with van der Waals surface area (Å²) in [4.78, 5) is 42.7. The lowest BCUT2D eigenvalue weighted by molar-refractivity contribution is -0.146. The van der Waals surface area contributed by atoms with Crippen molar-refractivity contribution in [1.29, 1.82) is 0 Å². The first-order valence-electron chi connectivity index (χ1n) is 13.0. The Balaban J connectivity index is 0.00000124. The number of likely N-dealkylation sites (tertiary alicyclic amines) is 1. The van der Waals surface area contributed by atoms with E-state index in [-0.39, 0.29) is 42.7 Å². The maximum absolute atomic E-state index is 14.0. The van der Waals surface area contributed by atoms with Crippen LogP contribution in [0.4, 0.5) is 0 Å². The summed E-state index contributed by atoms with van der Waals surface area (Å²) in [7, 11) is -4.11. The fourth-order valence-corrected chi connectivity index (χ4v) is 6.82. The molecule has 5 rings (SSSR count). The number of carbonyl (C=O) groups excluding carboxylic acids is 2. The van der Waals surface area contributed by atoms with E-state index < -0.39 is 22.1 Å². The maximum Gasteiger partial charge on any atom is 0.290 e. The SMILES string of the molecule is C[C@@H](C(=O)N1CCOCC1)N1CC[C@H](N(Cc2ccccn2)S(=O)(=O)c2ccc3cc(Cl)ccc3c2)C1=O.O=CO. The Hall–Kier alpha value is -3.58. The minimum atomic E-state index is -4.11. The lowest BCUT2D eigenvalue weighted by Crippen LogP contribution is -2.53. The molecule has 0 aliphatic carbocycles. The average Bonchev–Trinajstić information content (AvgIpc) is 3.36. The number of amides is 2. The van der Waals surface area contributed by atoms with Gasteiger partial charge in [-0.2, -0.15) is 4.31 Å². The Kier molecular flexibility index (Phi) is 9.92. The second kappa shape index (κ2) is 13.4. The number of halogens is 1. The third kappa shape index (κ3) is 6.84. The third-order valence-corrected chi connectivity index (χ3v) is 9.22. The molecule has 2 fully saturated rings. The van der Waals surface area contributed by atoms with Crippen molar-refractivity contribution in [2.24, 2.45) is 0 Å². The van der Waals surface area contributed by atoms with Crippen LogP contribution >= 0.6 is 11.6 Å². The van der Waals surface area contributed by atoms with Gasteiger partial charge in [0.05, 0.1) is 30.3 Å². The highest BCUT2D eigenvalue weighted by molar-refractivity contribution is 7.89. The van der Waals surface area contributed by atoms with Crippen molar-refractivity contribution >= 4 is 50.7 Å². The van der Waals surface area contributed by atoms with Crippen molar-refractivity contribution in [1.82, 2.24) is 19.1 Å². The topological polar surface area (TPSA) is 137 Å². The predicted octanol–water partition coefficient (Wildman–Crippen LogP) is 2.63. The molecule has 41 heavy (non-hydrogen) atoms. The van der Waals surface area contributed by atoms with Crippen LogP contribution in [0.5, 0.6) is 0 Å². The van der Waals surface area contributed by atoms with E-state index in [1.807, 2.05) is 0 Å². The summed E-state index contributed by atoms with van der Waals surface area (Å²) in [5.41, 5.74) is 0.521. The molecule has 0 radical (unpaired) electrons. The van der Waals surface area contributed by atoms with Gasteiger partial charge in [-0.1, -0.05) is 29.8 Å². The summed E-state index contributed by atoms with van der Waals surface area (Å²) in [5.74, 6) is -0.541. The Bertz CT molecular complexity index is 1500. The normalized spacial score (nSPS) is 18.2. The Morgan fingerprint density at radius 3 is 2.51 bits per heavy atom. The number of hydrogen-bond donors (Lipinski definition) is 1. The largest absolute Gasteiger partial charge is 0.483 e. The Morgan fingerprint density at radius 1 is 1.15 bits per heavy atom. The zero-order chi connectivity index (χ0) is 29.6. The van der Waals surface area contributed by atoms with Crippen LogP contribution in [0.2, 0.25) is 5.02 Å². The molecule has 0 spiro atoms. The summed E-state index contributed by atoms with van der Waals surface area (Å²) in [5, 5.41) is 8.98. The summed E-state index contributed by atoms with van der Waals surface area (Å²) in [6.07, 6.45) is 1.86. The smallest absolute Gasteiger partial charge is 0.290 e. The van der Waals surface area contributed by atoms with Gasteiger partial charge in [0.15, 0.2) is 0 Å². The number of hydrogen-bond acceptors (Lipinski definition) is 7. The number of ether oxygens (including phenoxy) is 1. The van der Waals surface area contributed by atoms with E-state index in [2.05, 4.69) is 4.98 Å². The molecule has 2 aliphatic rings. The Labute approximate surface area is 243 Å². The van der Waals surface area contributed by atoms with E-state index >= 15 is 0 Å². The van der Waals surface area contributed by atoms with Gasteiger partial charge < -0.3 is 19.6 Å². The molecular weight excluding hydrogens is 572 g/mol. The van der Waals surface area contributed by atoms with Gasteiger partial charge >= 0.3 is 0 Å². The molecule has 2 aromatic carbocycles. The molecule has 0 saturated carbocycles. The molecular formula is C28H31ClN4O7S. The molecule has 3 heterocycles. The highest BCUT2D eigenvalue weighted by Gasteiger charge is 2.45. The van der Waals surface area contributed by atoms with Crippen LogP contribution in [-0.2, 0) is 35.7 Å². The van der Waals surface area contributed by atoms with Gasteiger partial charge in [-0.05, 0) is 60.5 Å². The molecule has 13 heteroatoms. The van der Waals surface area contributed by atoms with Crippen molar-refractivity contribution in [3.05, 3.63) is 71.5 Å². The van der Waals surface area contributed by atoms with Crippen molar-refractivity contribution in [3.63, 3.8) is 0 Å². The number of carbonyl (C=O) groups is 3. The molecule has 1 aromatic heterocycles. The van der Waals surface area contributed by atoms with Crippen LogP contribution in [-0.4, -0.2) is 95.8 Å². The van der Waals surface area contributed by atoms with E-state index in [0.29, 0.717) is 37.0 Å². The third-order valence-electron chi connectivity index (χ3n) is 7.13. The predicted molar refractivity (Wildman–Crippen MR) is 152 cm³/mol. The van der Waals surface area contributed by atoms with Gasteiger partial charge in [-0.25, -0.2) is 8.42 Å². The second-order valence-electron chi connectivity index (χ2n) is 9.58. The lowest BCUT2D eigenvalue weighted by atomic mass is 10.1. The number of fused-ring (bicyclic) bond motifs is 1. The number of nitrogens with zero attached hydrogens (tertiary/aromatic N) is 4. The van der Waals surface area contributed by atoms with Crippen LogP contribution in [0, 0.1) is 0 Å². The van der Waals surface area contributed by atoms with E-state index in [9.17, 15) is 18.0 Å². The summed E-state index contributed by atoms with van der Waals surface area (Å²) >= 11 is 6.09. The van der Waals surface area contributed by atoms with Crippen molar-refractivity contribution in [2.75, 3.05) is 32.8 Å². The van der Waals surface area contributed by atoms with Gasteiger partial charge in [0.1, 0.15) is 12.1 Å². The van der Waals surface area contributed by atoms with E-state index in [1.165, 1.54) is 15.3 Å². The van der Waals surface area contributed by atoms with Crippen LogP contribution in [0.1, 0.15) is 19.0 Å². The summed E-state index contributed by atoms with van der Waals surface area (Å²) in [6.45, 7) is 3.53. The van der Waals surface area contributed by atoms with Crippen molar-refractivity contribution in [2.45, 2.75) is 36.9 Å². The Morgan fingerprint density at radius 2 is 1.83 bits per heavy atom. The van der Waals surface area contributed by atoms with Crippen LogP contribution in [0.3, 0.4) is 0 Å². The number of morpholine rings is 1. The number of aromatic nitrogens is 1. The van der Waals surface area contributed by atoms with Gasteiger partial charge in [0.25, 0.3) is 6.47 Å². The maximum atomic E-state index is 14.0. The van der Waals surface area contributed by atoms with Gasteiger partial charge in [0.2, 0.25) is 21.8 Å². The number of rotatable bonds is 7. The number of benzene rings is 2. The molecule has 2 amide bonds. The highest BCUT2D eigenvalue weighted by Crippen LogP contribution is 2.30. The molecule has 11 nitrogen and oxygen atoms in total. The fourth-order valence-electron chi connectivity index (χ4n) is 5.02. The molecule has 3 aromatic rings. The van der Waals surface area contributed by atoms with Crippen molar-refractivity contribution < 1.29 is 32.6 Å². The van der Waals surface area contributed by atoms with Crippen molar-refractivity contribution in [3.8, 4) is 0 Å². The highest BCUT2D eigenvalue weighted by atomic mass is 35.5. The summed E-state index contributed by atoms with van der Waals surface area (Å²) < 4.78 is 34.7. The minimum Gasteiger partial charge on any atom is -0.483 e. The number of carboxylic acid groups (broad SMARTS) is 1. The lowest BCUT2D eigenvalue weighted by Gasteiger charge is -2.33. The van der Waals surface area contributed by atoms with E-state index in [0.717, 1.165) is 10.8 Å². The first kappa shape index (κ1) is 30.4. The quantitative estimate of drug-likeness (QED) is 0.408. The molecule has 218 valence electrons. The van der Waals surface area contributed by atoms with Crippen LogP contribution < -0.4 is 0 Å². The fraction of sp³-hybridized carbons (Fsp3) is 0.357. The number of pyridine rings is 1. The number of sulfonamides is 1. The first-order valence-corrected chi connectivity index (χ1v) is 14.8. The molecule has 2 aliphatic heterocycles. The minimum absolute atomic E-state index is 0.0716. The summed E-state index contributed by atoms with van der Waals surface area (Å²) in [6, 6.07) is 13.7. The molecule has 2 atom stereocenters.